The summed E-state index contributed by atoms with van der Waals surface area (Å²) in [5.41, 5.74) is 6.86. The molecule has 0 aromatic heterocycles. The van der Waals surface area contributed by atoms with Crippen molar-refractivity contribution in [1.29, 1.82) is 0 Å². The van der Waals surface area contributed by atoms with Crippen LogP contribution in [0.5, 0.6) is 5.75 Å². The van der Waals surface area contributed by atoms with E-state index in [1.54, 1.807) is 7.11 Å². The Morgan fingerprint density at radius 3 is 2.32 bits per heavy atom. The molecule has 0 radical (unpaired) electrons. The van der Waals surface area contributed by atoms with Gasteiger partial charge < -0.3 is 10.1 Å². The quantitative estimate of drug-likeness (QED) is 0.479. The first kappa shape index (κ1) is 22.3. The third-order valence-electron chi connectivity index (χ3n) is 9.16. The Morgan fingerprint density at radius 1 is 0.971 bits per heavy atom. The van der Waals surface area contributed by atoms with Crippen molar-refractivity contribution in [2.45, 2.75) is 89.3 Å². The van der Waals surface area contributed by atoms with Gasteiger partial charge in [-0.15, -0.1) is 0 Å². The molecule has 1 atom stereocenters. The van der Waals surface area contributed by atoms with Gasteiger partial charge in [-0.1, -0.05) is 44.0 Å². The van der Waals surface area contributed by atoms with Gasteiger partial charge in [0.25, 0.3) is 0 Å². The number of nitrogens with zero attached hydrogens (tertiary/aromatic N) is 1. The molecule has 4 fully saturated rings. The lowest BCUT2D eigenvalue weighted by Crippen LogP contribution is -2.58. The van der Waals surface area contributed by atoms with Crippen molar-refractivity contribution < 1.29 is 4.74 Å². The Hall–Kier alpha value is -2.13. The number of hydrogen-bond donors (Lipinski definition) is 1. The number of rotatable bonds is 8. The summed E-state index contributed by atoms with van der Waals surface area (Å²) in [6.07, 6.45) is 13.4. The van der Waals surface area contributed by atoms with E-state index in [1.165, 1.54) is 73.6 Å². The molecule has 0 saturated heterocycles. The van der Waals surface area contributed by atoms with Crippen molar-refractivity contribution in [3.63, 3.8) is 0 Å². The smallest absolute Gasteiger partial charge is 0.119 e. The molecule has 4 saturated carbocycles. The number of hydrogen-bond acceptors (Lipinski definition) is 3. The van der Waals surface area contributed by atoms with Gasteiger partial charge in [-0.05, 0) is 98.4 Å². The molecule has 0 amide bonds. The Morgan fingerprint density at radius 2 is 1.68 bits per heavy atom. The number of aliphatic imine (C=N–C) groups is 1. The lowest BCUT2D eigenvalue weighted by Gasteiger charge is -2.57. The zero-order valence-electron chi connectivity index (χ0n) is 21.0. The average molecular weight is 457 g/mol. The van der Waals surface area contributed by atoms with Gasteiger partial charge in [-0.3, -0.25) is 4.99 Å². The zero-order valence-corrected chi connectivity index (χ0v) is 21.0. The van der Waals surface area contributed by atoms with Gasteiger partial charge in [0.2, 0.25) is 0 Å². The van der Waals surface area contributed by atoms with Gasteiger partial charge in [0, 0.05) is 23.2 Å². The van der Waals surface area contributed by atoms with Crippen LogP contribution < -0.4 is 10.1 Å². The summed E-state index contributed by atoms with van der Waals surface area (Å²) in [5.74, 6) is 3.92. The molecule has 4 aliphatic carbocycles. The summed E-state index contributed by atoms with van der Waals surface area (Å²) in [5, 5.41) is 4.06. The lowest BCUT2D eigenvalue weighted by atomic mass is 9.53. The first-order valence-corrected chi connectivity index (χ1v) is 13.7. The van der Waals surface area contributed by atoms with Crippen LogP contribution in [0, 0.1) is 17.8 Å². The maximum absolute atomic E-state index is 5.52. The molecule has 5 aliphatic rings. The Balaban J connectivity index is 1.19. The SMILES string of the molecule is CCCCC1Cc2cc(OC)ccc2C(c2ccc(CNC34CC5CC(CC(C5)C3)C4)cc2)=N1. The van der Waals surface area contributed by atoms with Gasteiger partial charge in [-0.2, -0.15) is 0 Å². The topological polar surface area (TPSA) is 33.6 Å². The van der Waals surface area contributed by atoms with Crippen LogP contribution in [0.15, 0.2) is 47.5 Å². The standard InChI is InChI=1S/C31H40N2O/c1-3-4-5-27-15-26-16-28(34-2)10-11-29(26)30(33-27)25-8-6-21(7-9-25)20-32-31-17-22-12-23(18-31)14-24(13-22)19-31/h6-11,16,22-24,27,32H,3-5,12-15,17-20H2,1-2H3. The molecule has 3 nitrogen and oxygen atoms in total. The van der Waals surface area contributed by atoms with Crippen molar-refractivity contribution >= 4 is 5.71 Å². The van der Waals surface area contributed by atoms with Gasteiger partial charge in [0.15, 0.2) is 0 Å². The molecule has 3 heteroatoms. The highest BCUT2D eigenvalue weighted by Gasteiger charge is 2.50. The fraction of sp³-hybridized carbons (Fsp3) is 0.581. The van der Waals surface area contributed by atoms with Gasteiger partial charge in [0.1, 0.15) is 5.75 Å². The van der Waals surface area contributed by atoms with Crippen molar-refractivity contribution in [2.24, 2.45) is 22.7 Å². The van der Waals surface area contributed by atoms with Crippen molar-refractivity contribution in [3.8, 4) is 5.75 Å². The maximum Gasteiger partial charge on any atom is 0.119 e. The minimum absolute atomic E-state index is 0.368. The number of benzene rings is 2. The van der Waals surface area contributed by atoms with Crippen molar-refractivity contribution in [2.75, 3.05) is 7.11 Å². The predicted molar refractivity (Wildman–Crippen MR) is 140 cm³/mol. The molecule has 2 aromatic rings. The van der Waals surface area contributed by atoms with E-state index in [0.717, 1.165) is 48.6 Å². The zero-order chi connectivity index (χ0) is 23.1. The Labute approximate surface area is 205 Å². The molecule has 1 heterocycles. The molecule has 7 rings (SSSR count). The molecule has 1 N–H and O–H groups in total. The monoisotopic (exact) mass is 456 g/mol. The summed E-state index contributed by atoms with van der Waals surface area (Å²) in [6.45, 7) is 3.26. The number of methoxy groups -OCH3 is 1. The fourth-order valence-corrected chi connectivity index (χ4v) is 7.88. The van der Waals surface area contributed by atoms with E-state index in [4.69, 9.17) is 9.73 Å². The third kappa shape index (κ3) is 4.33. The van der Waals surface area contributed by atoms with Gasteiger partial charge in [-0.25, -0.2) is 0 Å². The molecule has 1 aliphatic heterocycles. The Kier molecular flexibility index (Phi) is 6.01. The molecule has 180 valence electrons. The largest absolute Gasteiger partial charge is 0.497 e. The van der Waals surface area contributed by atoms with E-state index in [-0.39, 0.29) is 0 Å². The van der Waals surface area contributed by atoms with Gasteiger partial charge >= 0.3 is 0 Å². The highest BCUT2D eigenvalue weighted by Crippen LogP contribution is 2.55. The van der Waals surface area contributed by atoms with Crippen molar-refractivity contribution in [3.05, 3.63) is 64.7 Å². The number of unbranched alkanes of at least 4 members (excludes halogenated alkanes) is 1. The van der Waals surface area contributed by atoms with Crippen molar-refractivity contribution in [1.82, 2.24) is 5.32 Å². The second-order valence-electron chi connectivity index (χ2n) is 11.7. The summed E-state index contributed by atoms with van der Waals surface area (Å²) in [6, 6.07) is 16.1. The van der Waals surface area contributed by atoms with Crippen LogP contribution in [0.3, 0.4) is 0 Å². The second-order valence-corrected chi connectivity index (χ2v) is 11.7. The molecule has 2 aromatic carbocycles. The van der Waals surface area contributed by atoms with Crippen LogP contribution in [0.25, 0.3) is 0 Å². The maximum atomic E-state index is 5.52. The fourth-order valence-electron chi connectivity index (χ4n) is 7.88. The van der Waals surface area contributed by atoms with Gasteiger partial charge in [0.05, 0.1) is 18.9 Å². The highest BCUT2D eigenvalue weighted by atomic mass is 16.5. The lowest BCUT2D eigenvalue weighted by molar-refractivity contribution is -0.0206. The molecule has 0 spiro atoms. The van der Waals surface area contributed by atoms with E-state index in [1.807, 2.05) is 0 Å². The van der Waals surface area contributed by atoms with Crippen LogP contribution in [-0.2, 0) is 13.0 Å². The minimum Gasteiger partial charge on any atom is -0.497 e. The summed E-state index contributed by atoms with van der Waals surface area (Å²) in [4.78, 5) is 5.25. The molecule has 1 unspecified atom stereocenters. The normalized spacial score (nSPS) is 31.3. The number of fused-ring (bicyclic) bond motifs is 1. The number of ether oxygens (including phenoxy) is 1. The summed E-state index contributed by atoms with van der Waals surface area (Å²) in [7, 11) is 1.75. The van der Waals surface area contributed by atoms with Crippen LogP contribution in [-0.4, -0.2) is 24.4 Å². The van der Waals surface area contributed by atoms with E-state index in [0.29, 0.717) is 11.6 Å². The van der Waals surface area contributed by atoms with E-state index < -0.39 is 0 Å². The Bertz CT molecular complexity index is 1020. The first-order valence-electron chi connectivity index (χ1n) is 13.7. The van der Waals surface area contributed by atoms with E-state index in [9.17, 15) is 0 Å². The molecular formula is C31H40N2O. The highest BCUT2D eigenvalue weighted by molar-refractivity contribution is 6.14. The number of nitrogens with one attached hydrogen (secondary N) is 1. The summed E-state index contributed by atoms with van der Waals surface area (Å²) >= 11 is 0. The second kappa shape index (κ2) is 9.15. The van der Waals surface area contributed by atoms with E-state index >= 15 is 0 Å². The minimum atomic E-state index is 0.368. The predicted octanol–water partition coefficient (Wildman–Crippen LogP) is 6.71. The van der Waals surface area contributed by atoms with Crippen LogP contribution >= 0.6 is 0 Å². The first-order chi connectivity index (χ1) is 16.6. The summed E-state index contributed by atoms with van der Waals surface area (Å²) < 4.78 is 5.52. The average Bonchev–Trinajstić information content (AvgIpc) is 2.85. The molecular weight excluding hydrogens is 416 g/mol. The molecule has 34 heavy (non-hydrogen) atoms. The van der Waals surface area contributed by atoms with Crippen LogP contribution in [0.4, 0.5) is 0 Å². The third-order valence-corrected chi connectivity index (χ3v) is 9.16. The van der Waals surface area contributed by atoms with Crippen LogP contribution in [0.2, 0.25) is 0 Å². The van der Waals surface area contributed by atoms with Crippen LogP contribution in [0.1, 0.15) is 87.0 Å². The molecule has 4 bridgehead atoms. The van der Waals surface area contributed by atoms with E-state index in [2.05, 4.69) is 54.7 Å².